The molecule has 0 atom stereocenters. The fraction of sp³-hybridized carbons (Fsp3) is 0. The van der Waals surface area contributed by atoms with Crippen LogP contribution in [0.3, 0.4) is 0 Å². The minimum Gasteiger partial charge on any atom is -0.289 e. The molecule has 0 radical (unpaired) electrons. The Morgan fingerprint density at radius 2 is 0.775 bits per heavy atom. The van der Waals surface area contributed by atoms with Crippen LogP contribution in [0.4, 0.5) is 0 Å². The largest absolute Gasteiger partial charge is 0.289 e. The van der Waals surface area contributed by atoms with Crippen molar-refractivity contribution in [3.8, 4) is 44.8 Å². The Labute approximate surface area is 231 Å². The monoisotopic (exact) mass is 514 g/mol. The van der Waals surface area contributed by atoms with Crippen LogP contribution in [-0.4, -0.2) is 21.5 Å². The van der Waals surface area contributed by atoms with Crippen molar-refractivity contribution >= 4 is 11.6 Å². The molecular weight excluding hydrogens is 492 g/mol. The summed E-state index contributed by atoms with van der Waals surface area (Å²) in [5.41, 5.74) is 10.7. The van der Waals surface area contributed by atoms with Crippen LogP contribution in [0.5, 0.6) is 0 Å². The fourth-order valence-corrected chi connectivity index (χ4v) is 5.39. The average Bonchev–Trinajstić information content (AvgIpc) is 3.48. The molecule has 0 bridgehead atoms. The Bertz CT molecular complexity index is 1790. The van der Waals surface area contributed by atoms with Crippen molar-refractivity contribution in [2.24, 2.45) is 0 Å². The highest BCUT2D eigenvalue weighted by molar-refractivity contribution is 6.22. The van der Waals surface area contributed by atoms with Crippen molar-refractivity contribution in [3.05, 3.63) is 156 Å². The number of nitrogens with zero attached hydrogens (tertiary/aromatic N) is 2. The highest BCUT2D eigenvalue weighted by Crippen LogP contribution is 2.38. The van der Waals surface area contributed by atoms with Crippen LogP contribution in [0.1, 0.15) is 31.8 Å². The van der Waals surface area contributed by atoms with Gasteiger partial charge in [0.25, 0.3) is 0 Å². The first-order chi connectivity index (χ1) is 19.7. The molecule has 2 aliphatic carbocycles. The Balaban J connectivity index is 0.000000132. The molecule has 0 amide bonds. The van der Waals surface area contributed by atoms with E-state index in [0.717, 1.165) is 55.9 Å². The van der Waals surface area contributed by atoms with Crippen LogP contribution in [0.25, 0.3) is 44.8 Å². The molecule has 0 spiro atoms. The van der Waals surface area contributed by atoms with Crippen LogP contribution in [0.15, 0.2) is 134 Å². The van der Waals surface area contributed by atoms with Gasteiger partial charge in [-0.2, -0.15) is 0 Å². The van der Waals surface area contributed by atoms with Gasteiger partial charge in [0.05, 0.1) is 11.4 Å². The molecule has 2 aliphatic rings. The summed E-state index contributed by atoms with van der Waals surface area (Å²) in [6.45, 7) is 0. The predicted molar refractivity (Wildman–Crippen MR) is 157 cm³/mol. The highest BCUT2D eigenvalue weighted by Gasteiger charge is 2.28. The van der Waals surface area contributed by atoms with E-state index in [0.29, 0.717) is 11.1 Å². The Hall–Kier alpha value is -5.48. The molecule has 0 saturated heterocycles. The number of ketones is 2. The summed E-state index contributed by atoms with van der Waals surface area (Å²) < 4.78 is 0. The first kappa shape index (κ1) is 23.6. The van der Waals surface area contributed by atoms with Gasteiger partial charge in [0.1, 0.15) is 0 Å². The normalized spacial score (nSPS) is 12.1. The summed E-state index contributed by atoms with van der Waals surface area (Å²) in [6.07, 6.45) is 3.46. The van der Waals surface area contributed by atoms with E-state index in [1.165, 1.54) is 0 Å². The van der Waals surface area contributed by atoms with Crippen molar-refractivity contribution in [2.75, 3.05) is 0 Å². The van der Waals surface area contributed by atoms with Gasteiger partial charge in [0.15, 0.2) is 11.6 Å². The number of carbonyl (C=O) groups excluding carboxylic acids is 2. The van der Waals surface area contributed by atoms with Gasteiger partial charge in [-0.25, -0.2) is 0 Å². The molecular formula is C36H22N2O2. The molecule has 0 fully saturated rings. The molecule has 4 nitrogen and oxygen atoms in total. The number of hydrogen-bond acceptors (Lipinski definition) is 4. The number of rotatable bonds is 2. The molecule has 8 rings (SSSR count). The van der Waals surface area contributed by atoms with E-state index in [9.17, 15) is 9.59 Å². The third kappa shape index (κ3) is 3.94. The molecule has 2 heterocycles. The molecule has 40 heavy (non-hydrogen) atoms. The second-order valence-electron chi connectivity index (χ2n) is 9.71. The molecule has 2 aromatic heterocycles. The van der Waals surface area contributed by atoms with E-state index in [1.807, 2.05) is 109 Å². The number of fused-ring (bicyclic) bond motifs is 6. The van der Waals surface area contributed by atoms with E-state index in [1.54, 1.807) is 24.5 Å². The lowest BCUT2D eigenvalue weighted by Gasteiger charge is -2.04. The first-order valence-corrected chi connectivity index (χ1v) is 13.1. The summed E-state index contributed by atoms with van der Waals surface area (Å²) in [5, 5.41) is 0. The maximum atomic E-state index is 12.4. The number of aromatic nitrogens is 2. The lowest BCUT2D eigenvalue weighted by atomic mass is 10.00. The highest BCUT2D eigenvalue weighted by atomic mass is 16.1. The molecule has 0 unspecified atom stereocenters. The summed E-state index contributed by atoms with van der Waals surface area (Å²) >= 11 is 0. The second kappa shape index (κ2) is 9.68. The Morgan fingerprint density at radius 3 is 1.20 bits per heavy atom. The van der Waals surface area contributed by atoms with Crippen molar-refractivity contribution in [1.29, 1.82) is 0 Å². The Morgan fingerprint density at radius 1 is 0.350 bits per heavy atom. The third-order valence-corrected chi connectivity index (χ3v) is 7.36. The van der Waals surface area contributed by atoms with Gasteiger partial charge >= 0.3 is 0 Å². The first-order valence-electron chi connectivity index (χ1n) is 13.1. The van der Waals surface area contributed by atoms with Crippen molar-refractivity contribution in [3.63, 3.8) is 0 Å². The van der Waals surface area contributed by atoms with Crippen molar-refractivity contribution < 1.29 is 9.59 Å². The molecule has 0 N–H and O–H groups in total. The average molecular weight is 515 g/mol. The molecule has 4 aromatic carbocycles. The van der Waals surface area contributed by atoms with Gasteiger partial charge < -0.3 is 0 Å². The van der Waals surface area contributed by atoms with Crippen LogP contribution in [0.2, 0.25) is 0 Å². The smallest absolute Gasteiger partial charge is 0.195 e. The van der Waals surface area contributed by atoms with Gasteiger partial charge in [-0.05, 0) is 58.7 Å². The zero-order chi connectivity index (χ0) is 27.1. The van der Waals surface area contributed by atoms with Crippen LogP contribution in [-0.2, 0) is 0 Å². The standard InChI is InChI=1S/2C18H11NO/c2*20-18-15-7-4-10-19-17(15)14-9-8-13(11-16(14)18)12-5-2-1-3-6-12/h2*1-11H. The van der Waals surface area contributed by atoms with E-state index in [4.69, 9.17) is 0 Å². The lowest BCUT2D eigenvalue weighted by molar-refractivity contribution is 0.103. The fourth-order valence-electron chi connectivity index (χ4n) is 5.39. The molecule has 4 heteroatoms. The van der Waals surface area contributed by atoms with E-state index in [2.05, 4.69) is 9.97 Å². The quantitative estimate of drug-likeness (QED) is 0.235. The molecule has 188 valence electrons. The number of pyridine rings is 2. The summed E-state index contributed by atoms with van der Waals surface area (Å²) in [6, 6.07) is 39.5. The van der Waals surface area contributed by atoms with E-state index in [-0.39, 0.29) is 11.6 Å². The number of benzene rings is 4. The van der Waals surface area contributed by atoms with E-state index < -0.39 is 0 Å². The van der Waals surface area contributed by atoms with Crippen LogP contribution >= 0.6 is 0 Å². The SMILES string of the molecule is O=C1c2cc(-c3ccccc3)ccc2-c2ncccc21.O=C1c2cc(-c3ccccc3)ccc2-c2ncccc21. The minimum absolute atomic E-state index is 0.0703. The molecule has 6 aromatic rings. The van der Waals surface area contributed by atoms with Crippen molar-refractivity contribution in [2.45, 2.75) is 0 Å². The van der Waals surface area contributed by atoms with E-state index >= 15 is 0 Å². The van der Waals surface area contributed by atoms with Gasteiger partial charge in [0, 0.05) is 45.8 Å². The lowest BCUT2D eigenvalue weighted by Crippen LogP contribution is -1.95. The van der Waals surface area contributed by atoms with Gasteiger partial charge in [-0.15, -0.1) is 0 Å². The zero-order valence-corrected chi connectivity index (χ0v) is 21.4. The topological polar surface area (TPSA) is 59.9 Å². The molecule has 0 saturated carbocycles. The maximum absolute atomic E-state index is 12.4. The number of hydrogen-bond donors (Lipinski definition) is 0. The van der Waals surface area contributed by atoms with Gasteiger partial charge in [-0.1, -0.05) is 84.9 Å². The Kier molecular flexibility index (Phi) is 5.72. The molecule has 0 aliphatic heterocycles. The summed E-state index contributed by atoms with van der Waals surface area (Å²) in [5.74, 6) is 0.141. The van der Waals surface area contributed by atoms with Crippen LogP contribution in [0, 0.1) is 0 Å². The predicted octanol–water partition coefficient (Wildman–Crippen LogP) is 7.92. The third-order valence-electron chi connectivity index (χ3n) is 7.36. The second-order valence-corrected chi connectivity index (χ2v) is 9.71. The maximum Gasteiger partial charge on any atom is 0.195 e. The number of carbonyl (C=O) groups is 2. The van der Waals surface area contributed by atoms with Crippen LogP contribution < -0.4 is 0 Å². The van der Waals surface area contributed by atoms with Gasteiger partial charge in [0.2, 0.25) is 0 Å². The van der Waals surface area contributed by atoms with Gasteiger partial charge in [-0.3, -0.25) is 19.6 Å². The summed E-state index contributed by atoms with van der Waals surface area (Å²) in [4.78, 5) is 33.5. The minimum atomic E-state index is 0.0703. The van der Waals surface area contributed by atoms with Crippen molar-refractivity contribution in [1.82, 2.24) is 9.97 Å². The summed E-state index contributed by atoms with van der Waals surface area (Å²) in [7, 11) is 0. The zero-order valence-electron chi connectivity index (χ0n) is 21.4.